The van der Waals surface area contributed by atoms with Crippen LogP contribution < -0.4 is 11.3 Å². The first-order valence-electron chi connectivity index (χ1n) is 5.15. The van der Waals surface area contributed by atoms with Crippen LogP contribution in [0.4, 0.5) is 0 Å². The van der Waals surface area contributed by atoms with E-state index in [4.69, 9.17) is 10.6 Å². The molecule has 0 fully saturated rings. The van der Waals surface area contributed by atoms with E-state index in [1.165, 1.54) is 0 Å². The van der Waals surface area contributed by atoms with Crippen LogP contribution in [-0.4, -0.2) is 22.8 Å². The number of nitrogens with one attached hydrogen (secondary N) is 1. The Balaban J connectivity index is 2.53. The number of aryl methyl sites for hydroxylation is 1. The van der Waals surface area contributed by atoms with Crippen molar-refractivity contribution in [2.24, 2.45) is 12.9 Å². The second-order valence-electron chi connectivity index (χ2n) is 3.74. The molecule has 0 radical (unpaired) electrons. The molecule has 0 spiro atoms. The maximum absolute atomic E-state index is 5.52. The largest absolute Gasteiger partial charge is 0.382 e. The average Bonchev–Trinajstić information content (AvgIpc) is 2.65. The van der Waals surface area contributed by atoms with Gasteiger partial charge < -0.3 is 9.30 Å². The number of imidazole rings is 1. The molecule has 0 saturated heterocycles. The lowest BCUT2D eigenvalue weighted by molar-refractivity contribution is 0.105. The van der Waals surface area contributed by atoms with Gasteiger partial charge >= 0.3 is 0 Å². The van der Waals surface area contributed by atoms with Crippen LogP contribution >= 0.6 is 0 Å². The topological polar surface area (TPSA) is 65.1 Å². The van der Waals surface area contributed by atoms with E-state index in [2.05, 4.69) is 10.4 Å². The van der Waals surface area contributed by atoms with Gasteiger partial charge in [0.1, 0.15) is 5.82 Å². The molecule has 0 bridgehead atoms. The third-order valence-corrected chi connectivity index (χ3v) is 2.64. The van der Waals surface area contributed by atoms with E-state index in [0.717, 1.165) is 18.7 Å². The molecule has 0 aromatic carbocycles. The van der Waals surface area contributed by atoms with Crippen molar-refractivity contribution in [2.45, 2.75) is 31.9 Å². The number of hydrogen-bond acceptors (Lipinski definition) is 4. The van der Waals surface area contributed by atoms with Crippen LogP contribution in [0, 0.1) is 0 Å². The van der Waals surface area contributed by atoms with Gasteiger partial charge in [-0.1, -0.05) is 0 Å². The molecule has 0 aliphatic carbocycles. The second-order valence-corrected chi connectivity index (χ2v) is 3.74. The fourth-order valence-electron chi connectivity index (χ4n) is 1.52. The van der Waals surface area contributed by atoms with Crippen molar-refractivity contribution in [2.75, 3.05) is 7.11 Å². The zero-order chi connectivity index (χ0) is 11.3. The van der Waals surface area contributed by atoms with Gasteiger partial charge in [-0.2, -0.15) is 0 Å². The molecule has 1 aromatic heterocycles. The molecule has 1 aromatic rings. The fourth-order valence-corrected chi connectivity index (χ4v) is 1.52. The van der Waals surface area contributed by atoms with E-state index in [-0.39, 0.29) is 12.1 Å². The third-order valence-electron chi connectivity index (χ3n) is 2.64. The molecule has 1 rings (SSSR count). The number of ether oxygens (including phenoxy) is 1. The maximum Gasteiger partial charge on any atom is 0.126 e. The lowest BCUT2D eigenvalue weighted by Crippen LogP contribution is -2.30. The van der Waals surface area contributed by atoms with Crippen molar-refractivity contribution >= 4 is 0 Å². The standard InChI is InChI=1S/C10H20N4O/c1-8(15-3)4-5-9(13-11)10-12-6-7-14(10)2/h6-9,13H,4-5,11H2,1-3H3. The molecular weight excluding hydrogens is 192 g/mol. The normalized spacial score (nSPS) is 15.2. The summed E-state index contributed by atoms with van der Waals surface area (Å²) >= 11 is 0. The number of aromatic nitrogens is 2. The van der Waals surface area contributed by atoms with Crippen LogP contribution in [0.25, 0.3) is 0 Å². The first-order chi connectivity index (χ1) is 7.19. The Kier molecular flexibility index (Phi) is 4.74. The van der Waals surface area contributed by atoms with Gasteiger partial charge in [0.15, 0.2) is 0 Å². The molecule has 0 aliphatic heterocycles. The SMILES string of the molecule is COC(C)CCC(NN)c1nccn1C. The number of nitrogens with two attached hydrogens (primary N) is 1. The highest BCUT2D eigenvalue weighted by Crippen LogP contribution is 2.16. The lowest BCUT2D eigenvalue weighted by Gasteiger charge is -2.17. The van der Waals surface area contributed by atoms with Gasteiger partial charge in [-0.05, 0) is 19.8 Å². The first-order valence-corrected chi connectivity index (χ1v) is 5.15. The Morgan fingerprint density at radius 2 is 2.33 bits per heavy atom. The van der Waals surface area contributed by atoms with Gasteiger partial charge in [-0.25, -0.2) is 10.4 Å². The molecule has 0 aliphatic rings. The molecule has 0 amide bonds. The van der Waals surface area contributed by atoms with E-state index >= 15 is 0 Å². The van der Waals surface area contributed by atoms with E-state index in [1.807, 2.05) is 24.7 Å². The number of hydrazine groups is 1. The number of hydrogen-bond donors (Lipinski definition) is 2. The van der Waals surface area contributed by atoms with Gasteiger partial charge in [0.25, 0.3) is 0 Å². The van der Waals surface area contributed by atoms with Crippen molar-refractivity contribution in [1.82, 2.24) is 15.0 Å². The number of nitrogens with zero attached hydrogens (tertiary/aromatic N) is 2. The van der Waals surface area contributed by atoms with Gasteiger partial charge in [0.05, 0.1) is 12.1 Å². The van der Waals surface area contributed by atoms with Crippen molar-refractivity contribution < 1.29 is 4.74 Å². The second kappa shape index (κ2) is 5.85. The summed E-state index contributed by atoms with van der Waals surface area (Å²) < 4.78 is 7.17. The molecule has 2 unspecified atom stereocenters. The quantitative estimate of drug-likeness (QED) is 0.539. The van der Waals surface area contributed by atoms with Crippen molar-refractivity contribution in [3.63, 3.8) is 0 Å². The highest BCUT2D eigenvalue weighted by Gasteiger charge is 2.15. The number of methoxy groups -OCH3 is 1. The van der Waals surface area contributed by atoms with E-state index in [0.29, 0.717) is 0 Å². The molecule has 5 heteroatoms. The lowest BCUT2D eigenvalue weighted by atomic mass is 10.1. The van der Waals surface area contributed by atoms with Gasteiger partial charge in [-0.3, -0.25) is 5.84 Å². The minimum atomic E-state index is 0.0857. The Morgan fingerprint density at radius 1 is 1.60 bits per heavy atom. The van der Waals surface area contributed by atoms with Crippen LogP contribution in [0.5, 0.6) is 0 Å². The summed E-state index contributed by atoms with van der Waals surface area (Å²) in [6.45, 7) is 2.05. The summed E-state index contributed by atoms with van der Waals surface area (Å²) in [5.74, 6) is 6.48. The van der Waals surface area contributed by atoms with Crippen molar-refractivity contribution in [3.05, 3.63) is 18.2 Å². The van der Waals surface area contributed by atoms with Gasteiger partial charge in [0, 0.05) is 26.6 Å². The molecule has 0 saturated carbocycles. The zero-order valence-electron chi connectivity index (χ0n) is 9.60. The third kappa shape index (κ3) is 3.30. The van der Waals surface area contributed by atoms with Gasteiger partial charge in [-0.15, -0.1) is 0 Å². The Morgan fingerprint density at radius 3 is 2.80 bits per heavy atom. The first kappa shape index (κ1) is 12.2. The van der Waals surface area contributed by atoms with E-state index in [9.17, 15) is 0 Å². The van der Waals surface area contributed by atoms with Crippen LogP contribution in [0.1, 0.15) is 31.6 Å². The predicted octanol–water partition coefficient (Wildman–Crippen LogP) is 0.740. The minimum Gasteiger partial charge on any atom is -0.382 e. The molecule has 86 valence electrons. The van der Waals surface area contributed by atoms with Crippen molar-refractivity contribution in [1.29, 1.82) is 0 Å². The Bertz CT molecular complexity index is 287. The number of rotatable bonds is 6. The van der Waals surface area contributed by atoms with Crippen LogP contribution in [0.3, 0.4) is 0 Å². The summed E-state index contributed by atoms with van der Waals surface area (Å²) in [7, 11) is 3.68. The summed E-state index contributed by atoms with van der Waals surface area (Å²) in [5.41, 5.74) is 2.79. The maximum atomic E-state index is 5.52. The van der Waals surface area contributed by atoms with Gasteiger partial charge in [0.2, 0.25) is 0 Å². The highest BCUT2D eigenvalue weighted by atomic mass is 16.5. The predicted molar refractivity (Wildman–Crippen MR) is 59.0 cm³/mol. The molecule has 2 atom stereocenters. The van der Waals surface area contributed by atoms with Crippen LogP contribution in [-0.2, 0) is 11.8 Å². The van der Waals surface area contributed by atoms with Crippen molar-refractivity contribution in [3.8, 4) is 0 Å². The average molecular weight is 212 g/mol. The fraction of sp³-hybridized carbons (Fsp3) is 0.700. The highest BCUT2D eigenvalue weighted by molar-refractivity contribution is 4.98. The zero-order valence-corrected chi connectivity index (χ0v) is 9.60. The summed E-state index contributed by atoms with van der Waals surface area (Å²) in [5, 5.41) is 0. The summed E-state index contributed by atoms with van der Waals surface area (Å²) in [6.07, 6.45) is 5.81. The Hall–Kier alpha value is -0.910. The molecule has 1 heterocycles. The van der Waals surface area contributed by atoms with Crippen LogP contribution in [0.2, 0.25) is 0 Å². The van der Waals surface area contributed by atoms with E-state index < -0.39 is 0 Å². The Labute approximate surface area is 90.6 Å². The molecule has 5 nitrogen and oxygen atoms in total. The summed E-state index contributed by atoms with van der Waals surface area (Å²) in [4.78, 5) is 4.27. The smallest absolute Gasteiger partial charge is 0.126 e. The molecule has 3 N–H and O–H groups in total. The molecule has 15 heavy (non-hydrogen) atoms. The monoisotopic (exact) mass is 212 g/mol. The minimum absolute atomic E-state index is 0.0857. The van der Waals surface area contributed by atoms with E-state index in [1.54, 1.807) is 13.3 Å². The van der Waals surface area contributed by atoms with Crippen LogP contribution in [0.15, 0.2) is 12.4 Å². The summed E-state index contributed by atoms with van der Waals surface area (Å²) in [6, 6.07) is 0.0857. The molecular formula is C10H20N4O.